The summed E-state index contributed by atoms with van der Waals surface area (Å²) in [7, 11) is 0. The first-order valence-corrected chi connectivity index (χ1v) is 6.87. The van der Waals surface area contributed by atoms with Gasteiger partial charge in [-0.15, -0.1) is 0 Å². The molecular weight excluding hydrogens is 280 g/mol. The Bertz CT molecular complexity index is 503. The highest BCUT2D eigenvalue weighted by atomic mass is 35.5. The number of carbonyl (C=O) groups excluding carboxylic acids is 1. The third kappa shape index (κ3) is 4.81. The van der Waals surface area contributed by atoms with Crippen LogP contribution in [0.15, 0.2) is 12.1 Å². The average molecular weight is 299 g/mol. The molecule has 1 aromatic heterocycles. The molecule has 0 spiro atoms. The molecule has 1 unspecified atom stereocenters. The molecule has 20 heavy (non-hydrogen) atoms. The van der Waals surface area contributed by atoms with E-state index >= 15 is 0 Å². The number of carboxylic acid groups (broad SMARTS) is 1. The molecule has 0 radical (unpaired) electrons. The van der Waals surface area contributed by atoms with Crippen LogP contribution in [0.3, 0.4) is 0 Å². The van der Waals surface area contributed by atoms with Crippen molar-refractivity contribution in [2.24, 2.45) is 5.92 Å². The summed E-state index contributed by atoms with van der Waals surface area (Å²) >= 11 is 5.90. The van der Waals surface area contributed by atoms with Crippen LogP contribution < -0.4 is 5.32 Å². The summed E-state index contributed by atoms with van der Waals surface area (Å²) in [5.41, 5.74) is 1.19. The van der Waals surface area contributed by atoms with E-state index in [1.54, 1.807) is 13.0 Å². The van der Waals surface area contributed by atoms with Crippen molar-refractivity contribution < 1.29 is 14.7 Å². The fourth-order valence-electron chi connectivity index (χ4n) is 1.57. The van der Waals surface area contributed by atoms with Gasteiger partial charge in [-0.05, 0) is 24.5 Å². The van der Waals surface area contributed by atoms with Gasteiger partial charge in [0.15, 0.2) is 0 Å². The van der Waals surface area contributed by atoms with Gasteiger partial charge in [0.05, 0.1) is 5.92 Å². The van der Waals surface area contributed by atoms with E-state index in [9.17, 15) is 9.59 Å². The largest absolute Gasteiger partial charge is 0.481 e. The van der Waals surface area contributed by atoms with Crippen molar-refractivity contribution in [3.8, 4) is 0 Å². The van der Waals surface area contributed by atoms with Gasteiger partial charge in [-0.2, -0.15) is 0 Å². The molecule has 1 heterocycles. The van der Waals surface area contributed by atoms with Gasteiger partial charge < -0.3 is 10.4 Å². The molecule has 0 aliphatic rings. The Morgan fingerprint density at radius 3 is 2.55 bits per heavy atom. The van der Waals surface area contributed by atoms with Gasteiger partial charge >= 0.3 is 5.97 Å². The van der Waals surface area contributed by atoms with Crippen LogP contribution in [-0.2, 0) is 4.79 Å². The number of halogens is 1. The highest BCUT2D eigenvalue weighted by Crippen LogP contribution is 2.17. The van der Waals surface area contributed by atoms with Crippen molar-refractivity contribution >= 4 is 23.5 Å². The number of hydrogen-bond donors (Lipinski definition) is 2. The Balaban J connectivity index is 2.66. The zero-order valence-electron chi connectivity index (χ0n) is 11.8. The number of hydrogen-bond acceptors (Lipinski definition) is 3. The number of amides is 1. The minimum Gasteiger partial charge on any atom is -0.481 e. The van der Waals surface area contributed by atoms with E-state index in [0.29, 0.717) is 18.5 Å². The molecule has 1 amide bonds. The summed E-state index contributed by atoms with van der Waals surface area (Å²) in [6.45, 7) is 5.85. The van der Waals surface area contributed by atoms with Crippen molar-refractivity contribution in [1.29, 1.82) is 0 Å². The molecule has 0 aliphatic heterocycles. The fraction of sp³-hybridized carbons (Fsp3) is 0.500. The van der Waals surface area contributed by atoms with Crippen LogP contribution in [0.1, 0.15) is 49.2 Å². The van der Waals surface area contributed by atoms with E-state index in [4.69, 9.17) is 16.7 Å². The van der Waals surface area contributed by atoms with Crippen LogP contribution in [0.25, 0.3) is 0 Å². The second-order valence-electron chi connectivity index (χ2n) is 5.04. The maximum atomic E-state index is 12.0. The molecule has 0 saturated carbocycles. The summed E-state index contributed by atoms with van der Waals surface area (Å²) in [6.07, 6.45) is 0.386. The number of carboxylic acids is 1. The molecule has 5 nitrogen and oxygen atoms in total. The van der Waals surface area contributed by atoms with Crippen molar-refractivity contribution in [3.63, 3.8) is 0 Å². The number of nitrogens with zero attached hydrogens (tertiary/aromatic N) is 1. The van der Waals surface area contributed by atoms with Crippen molar-refractivity contribution in [2.75, 3.05) is 6.54 Å². The van der Waals surface area contributed by atoms with Crippen LogP contribution in [0.5, 0.6) is 0 Å². The highest BCUT2D eigenvalue weighted by Gasteiger charge is 2.13. The number of rotatable bonds is 6. The standard InChI is InChI=1S/C14H19ClN2O3/c1-8(2)11-6-10(7-12(15)17-11)13(18)16-5-4-9(3)14(19)20/h6-9H,4-5H2,1-3H3,(H,16,18)(H,19,20). The minimum absolute atomic E-state index is 0.173. The van der Waals surface area contributed by atoms with E-state index in [2.05, 4.69) is 10.3 Å². The van der Waals surface area contributed by atoms with Gasteiger partial charge in [0.25, 0.3) is 5.91 Å². The fourth-order valence-corrected chi connectivity index (χ4v) is 1.79. The van der Waals surface area contributed by atoms with Crippen LogP contribution in [0.4, 0.5) is 0 Å². The predicted octanol–water partition coefficient (Wildman–Crippen LogP) is 2.70. The van der Waals surface area contributed by atoms with Crippen molar-refractivity contribution in [2.45, 2.75) is 33.1 Å². The Hall–Kier alpha value is -1.62. The smallest absolute Gasteiger partial charge is 0.306 e. The van der Waals surface area contributed by atoms with Crippen LogP contribution in [-0.4, -0.2) is 28.5 Å². The Labute approximate surface area is 123 Å². The molecule has 0 aliphatic carbocycles. The molecule has 1 atom stereocenters. The molecule has 0 fully saturated rings. The van der Waals surface area contributed by atoms with Crippen LogP contribution in [0, 0.1) is 5.92 Å². The summed E-state index contributed by atoms with van der Waals surface area (Å²) in [6, 6.07) is 3.20. The molecular formula is C14H19ClN2O3. The lowest BCUT2D eigenvalue weighted by Crippen LogP contribution is -2.27. The topological polar surface area (TPSA) is 79.3 Å². The second kappa shape index (κ2) is 7.24. The van der Waals surface area contributed by atoms with Crippen molar-refractivity contribution in [1.82, 2.24) is 10.3 Å². The number of pyridine rings is 1. The Kier molecular flexibility index (Phi) is 5.95. The third-order valence-electron chi connectivity index (χ3n) is 2.95. The molecule has 1 aromatic rings. The Morgan fingerprint density at radius 1 is 1.35 bits per heavy atom. The quantitative estimate of drug-likeness (QED) is 0.791. The van der Waals surface area contributed by atoms with Gasteiger partial charge in [-0.1, -0.05) is 32.4 Å². The Morgan fingerprint density at radius 2 is 2.00 bits per heavy atom. The summed E-state index contributed by atoms with van der Waals surface area (Å²) in [4.78, 5) is 26.8. The van der Waals surface area contributed by atoms with E-state index in [1.165, 1.54) is 6.07 Å². The SMILES string of the molecule is CC(CCNC(=O)c1cc(Cl)nc(C(C)C)c1)C(=O)O. The number of aliphatic carboxylic acids is 1. The maximum absolute atomic E-state index is 12.0. The van der Waals surface area contributed by atoms with Crippen LogP contribution >= 0.6 is 11.6 Å². The van der Waals surface area contributed by atoms with Crippen LogP contribution in [0.2, 0.25) is 5.15 Å². The van der Waals surface area contributed by atoms with E-state index < -0.39 is 11.9 Å². The lowest BCUT2D eigenvalue weighted by atomic mass is 10.1. The molecule has 110 valence electrons. The van der Waals surface area contributed by atoms with E-state index in [-0.39, 0.29) is 17.0 Å². The number of carbonyl (C=O) groups is 2. The monoisotopic (exact) mass is 298 g/mol. The van der Waals surface area contributed by atoms with Gasteiger partial charge in [-0.25, -0.2) is 4.98 Å². The zero-order valence-corrected chi connectivity index (χ0v) is 12.6. The third-order valence-corrected chi connectivity index (χ3v) is 3.15. The van der Waals surface area contributed by atoms with Gasteiger partial charge in [-0.3, -0.25) is 9.59 Å². The summed E-state index contributed by atoms with van der Waals surface area (Å²) in [5, 5.41) is 11.7. The molecule has 2 N–H and O–H groups in total. The lowest BCUT2D eigenvalue weighted by molar-refractivity contribution is -0.141. The normalized spacial score (nSPS) is 12.2. The molecule has 0 aromatic carbocycles. The molecule has 0 saturated heterocycles. The second-order valence-corrected chi connectivity index (χ2v) is 5.43. The van der Waals surface area contributed by atoms with Gasteiger partial charge in [0.2, 0.25) is 0 Å². The van der Waals surface area contributed by atoms with Gasteiger partial charge in [0, 0.05) is 17.8 Å². The van der Waals surface area contributed by atoms with Crippen molar-refractivity contribution in [3.05, 3.63) is 28.5 Å². The first-order chi connectivity index (χ1) is 9.31. The van der Waals surface area contributed by atoms with Gasteiger partial charge in [0.1, 0.15) is 5.15 Å². The summed E-state index contributed by atoms with van der Waals surface area (Å²) < 4.78 is 0. The number of nitrogens with one attached hydrogen (secondary N) is 1. The predicted molar refractivity (Wildman–Crippen MR) is 77.1 cm³/mol. The molecule has 0 bridgehead atoms. The zero-order chi connectivity index (χ0) is 15.3. The number of aromatic nitrogens is 1. The first-order valence-electron chi connectivity index (χ1n) is 6.49. The van der Waals surface area contributed by atoms with E-state index in [1.807, 2.05) is 13.8 Å². The molecule has 1 rings (SSSR count). The minimum atomic E-state index is -0.867. The first kappa shape index (κ1) is 16.4. The summed E-state index contributed by atoms with van der Waals surface area (Å²) in [5.74, 6) is -1.45. The highest BCUT2D eigenvalue weighted by molar-refractivity contribution is 6.29. The maximum Gasteiger partial charge on any atom is 0.306 e. The molecule has 6 heteroatoms. The lowest BCUT2D eigenvalue weighted by Gasteiger charge is -2.10. The van der Waals surface area contributed by atoms with E-state index in [0.717, 1.165) is 5.69 Å². The average Bonchev–Trinajstić information content (AvgIpc) is 2.37.